The molecule has 0 spiro atoms. The molecular weight excluding hydrogens is 364 g/mol. The molecule has 150 valence electrons. The lowest BCUT2D eigenvalue weighted by Crippen LogP contribution is -2.29. The van der Waals surface area contributed by atoms with E-state index in [1.165, 1.54) is 24.4 Å². The van der Waals surface area contributed by atoms with Crippen LogP contribution in [0.1, 0.15) is 37.1 Å². The maximum Gasteiger partial charge on any atom is 0.286 e. The molecule has 28 heavy (non-hydrogen) atoms. The molecule has 0 atom stereocenters. The van der Waals surface area contributed by atoms with Crippen molar-refractivity contribution in [2.24, 2.45) is 0 Å². The number of ether oxygens (including phenoxy) is 1. The Morgan fingerprint density at radius 1 is 1.25 bits per heavy atom. The molecular formula is C21H25F2N3O2. The van der Waals surface area contributed by atoms with Crippen molar-refractivity contribution < 1.29 is 18.3 Å². The van der Waals surface area contributed by atoms with Gasteiger partial charge in [0.25, 0.3) is 5.92 Å². The molecule has 0 saturated carbocycles. The third-order valence-corrected chi connectivity index (χ3v) is 4.42. The van der Waals surface area contributed by atoms with Crippen LogP contribution in [0.2, 0.25) is 0 Å². The molecule has 3 rings (SSSR count). The van der Waals surface area contributed by atoms with Crippen molar-refractivity contribution in [1.82, 2.24) is 14.9 Å². The van der Waals surface area contributed by atoms with E-state index in [-0.39, 0.29) is 5.69 Å². The molecule has 0 aromatic carbocycles. The second-order valence-electron chi connectivity index (χ2n) is 6.71. The van der Waals surface area contributed by atoms with Gasteiger partial charge in [-0.3, -0.25) is 14.8 Å². The van der Waals surface area contributed by atoms with Gasteiger partial charge in [0, 0.05) is 19.0 Å². The van der Waals surface area contributed by atoms with Crippen LogP contribution in [0.3, 0.4) is 0 Å². The Labute approximate surface area is 164 Å². The summed E-state index contributed by atoms with van der Waals surface area (Å²) in [5.74, 6) is -1.49. The van der Waals surface area contributed by atoms with E-state index in [4.69, 9.17) is 9.53 Å². The molecule has 5 nitrogen and oxygen atoms in total. The van der Waals surface area contributed by atoms with Gasteiger partial charge in [0.05, 0.1) is 11.9 Å². The van der Waals surface area contributed by atoms with Gasteiger partial charge in [-0.15, -0.1) is 0 Å². The summed E-state index contributed by atoms with van der Waals surface area (Å²) in [4.78, 5) is 19.6. The zero-order chi connectivity index (χ0) is 20.6. The van der Waals surface area contributed by atoms with Crippen molar-refractivity contribution >= 4 is 6.29 Å². The number of nitrogens with zero attached hydrogens (tertiary/aromatic N) is 3. The minimum Gasteiger partial charge on any atom is -0.454 e. The fourth-order valence-corrected chi connectivity index (χ4v) is 2.90. The van der Waals surface area contributed by atoms with E-state index >= 15 is 0 Å². The van der Waals surface area contributed by atoms with Crippen LogP contribution in [-0.2, 0) is 10.7 Å². The quantitative estimate of drug-likeness (QED) is 0.554. The molecule has 0 aliphatic carbocycles. The number of likely N-dealkylation sites (tertiary alicyclic amines) is 1. The van der Waals surface area contributed by atoms with Gasteiger partial charge in [0.15, 0.2) is 0 Å². The van der Waals surface area contributed by atoms with Gasteiger partial charge < -0.3 is 9.64 Å². The number of rotatable bonds is 5. The molecule has 1 saturated heterocycles. The van der Waals surface area contributed by atoms with Crippen LogP contribution in [0.4, 0.5) is 8.78 Å². The molecule has 1 aliphatic heterocycles. The lowest BCUT2D eigenvalue weighted by atomic mass is 9.93. The Morgan fingerprint density at radius 2 is 1.93 bits per heavy atom. The highest BCUT2D eigenvalue weighted by Crippen LogP contribution is 2.35. The molecule has 1 fully saturated rings. The third kappa shape index (κ3) is 6.20. The Kier molecular flexibility index (Phi) is 7.75. The minimum atomic E-state index is -2.95. The monoisotopic (exact) mass is 389 g/mol. The van der Waals surface area contributed by atoms with Crippen molar-refractivity contribution in [3.8, 4) is 11.5 Å². The normalized spacial score (nSPS) is 15.3. The highest BCUT2D eigenvalue weighted by atomic mass is 19.3. The topological polar surface area (TPSA) is 55.3 Å². The number of alkyl halides is 2. The van der Waals surface area contributed by atoms with Crippen molar-refractivity contribution in [3.63, 3.8) is 0 Å². The van der Waals surface area contributed by atoms with Crippen LogP contribution in [0.25, 0.3) is 0 Å². The van der Waals surface area contributed by atoms with Crippen LogP contribution in [-0.4, -0.2) is 41.3 Å². The number of carbonyl (C=O) groups is 1. The van der Waals surface area contributed by atoms with Crippen molar-refractivity contribution in [1.29, 1.82) is 0 Å². The van der Waals surface area contributed by atoms with Crippen molar-refractivity contribution in [2.75, 3.05) is 20.1 Å². The fraction of sp³-hybridized carbons (Fsp3) is 0.381. The number of pyridine rings is 2. The fourth-order valence-electron chi connectivity index (χ4n) is 2.90. The summed E-state index contributed by atoms with van der Waals surface area (Å²) in [7, 11) is 2.11. The smallest absolute Gasteiger partial charge is 0.286 e. The van der Waals surface area contributed by atoms with Gasteiger partial charge in [-0.1, -0.05) is 6.58 Å². The van der Waals surface area contributed by atoms with Gasteiger partial charge in [-0.05, 0) is 63.3 Å². The van der Waals surface area contributed by atoms with E-state index in [1.807, 2.05) is 12.1 Å². The standard InChI is InChI=1S/C18H21F2N3O.C3H4O/c1-18(19,20)16-6-5-14(12-22-16)24-15-4-3-9-21-17(15)13-7-10-23(2)11-8-13;1-2-3-4/h3-6,9,12-13H,7-8,10-11H2,1-2H3;2-3H,1H2. The Bertz CT molecular complexity index is 762. The van der Waals surface area contributed by atoms with Gasteiger partial charge in [-0.2, -0.15) is 8.78 Å². The van der Waals surface area contributed by atoms with E-state index in [0.29, 0.717) is 23.7 Å². The number of aromatic nitrogens is 2. The molecule has 7 heteroatoms. The third-order valence-electron chi connectivity index (χ3n) is 4.42. The molecule has 0 bridgehead atoms. The Balaban J connectivity index is 0.000000640. The number of aldehydes is 1. The molecule has 0 unspecified atom stereocenters. The lowest BCUT2D eigenvalue weighted by Gasteiger charge is -2.29. The van der Waals surface area contributed by atoms with Crippen LogP contribution >= 0.6 is 0 Å². The number of piperidine rings is 1. The van der Waals surface area contributed by atoms with Crippen LogP contribution in [0.15, 0.2) is 49.3 Å². The second-order valence-corrected chi connectivity index (χ2v) is 6.71. The highest BCUT2D eigenvalue weighted by molar-refractivity contribution is 5.63. The first-order valence-electron chi connectivity index (χ1n) is 9.07. The zero-order valence-electron chi connectivity index (χ0n) is 16.1. The largest absolute Gasteiger partial charge is 0.454 e. The summed E-state index contributed by atoms with van der Waals surface area (Å²) in [5.41, 5.74) is 0.659. The van der Waals surface area contributed by atoms with Crippen LogP contribution < -0.4 is 4.74 Å². The van der Waals surface area contributed by atoms with Crippen LogP contribution in [0.5, 0.6) is 11.5 Å². The van der Waals surface area contributed by atoms with E-state index in [1.54, 1.807) is 6.20 Å². The van der Waals surface area contributed by atoms with Crippen molar-refractivity contribution in [3.05, 3.63) is 60.7 Å². The van der Waals surface area contributed by atoms with Crippen molar-refractivity contribution in [2.45, 2.75) is 31.6 Å². The average Bonchev–Trinajstić information content (AvgIpc) is 2.69. The zero-order valence-corrected chi connectivity index (χ0v) is 16.1. The minimum absolute atomic E-state index is 0.267. The van der Waals surface area contributed by atoms with Gasteiger partial charge in [0.2, 0.25) is 0 Å². The van der Waals surface area contributed by atoms with Gasteiger partial charge >= 0.3 is 0 Å². The predicted molar refractivity (Wildman–Crippen MR) is 104 cm³/mol. The maximum atomic E-state index is 13.2. The summed E-state index contributed by atoms with van der Waals surface area (Å²) in [6.45, 7) is 6.00. The molecule has 0 amide bonds. The van der Waals surface area contributed by atoms with E-state index < -0.39 is 5.92 Å². The predicted octanol–water partition coefficient (Wildman–Crippen LogP) is 4.56. The first-order chi connectivity index (χ1) is 13.3. The number of hydrogen-bond acceptors (Lipinski definition) is 5. The van der Waals surface area contributed by atoms with E-state index in [9.17, 15) is 8.78 Å². The van der Waals surface area contributed by atoms with Crippen LogP contribution in [0, 0.1) is 0 Å². The number of hydrogen-bond donors (Lipinski definition) is 0. The summed E-state index contributed by atoms with van der Waals surface area (Å²) in [6, 6.07) is 6.49. The first kappa shape index (κ1) is 21.6. The summed E-state index contributed by atoms with van der Waals surface area (Å²) in [5, 5.41) is 0. The average molecular weight is 389 g/mol. The SMILES string of the molecule is C=CC=O.CN1CCC(c2ncccc2Oc2ccc(C(C)(F)F)nc2)CC1. The molecule has 3 heterocycles. The lowest BCUT2D eigenvalue weighted by molar-refractivity contribution is -0.104. The number of allylic oxidation sites excluding steroid dienone is 1. The number of carbonyl (C=O) groups excluding carboxylic acids is 1. The Morgan fingerprint density at radius 3 is 2.46 bits per heavy atom. The summed E-state index contributed by atoms with van der Waals surface area (Å²) in [6.07, 6.45) is 6.99. The highest BCUT2D eigenvalue weighted by Gasteiger charge is 2.26. The van der Waals surface area contributed by atoms with E-state index in [0.717, 1.165) is 38.5 Å². The van der Waals surface area contributed by atoms with Gasteiger partial charge in [0.1, 0.15) is 23.5 Å². The van der Waals surface area contributed by atoms with Gasteiger partial charge in [-0.25, -0.2) is 0 Å². The summed E-state index contributed by atoms with van der Waals surface area (Å²) < 4.78 is 32.3. The molecule has 1 aliphatic rings. The van der Waals surface area contributed by atoms with E-state index in [2.05, 4.69) is 28.5 Å². The molecule has 2 aromatic heterocycles. The number of halogens is 2. The first-order valence-corrected chi connectivity index (χ1v) is 9.07. The molecule has 2 aromatic rings. The second kappa shape index (κ2) is 10.0. The summed E-state index contributed by atoms with van der Waals surface area (Å²) >= 11 is 0. The molecule has 0 radical (unpaired) electrons. The molecule has 0 N–H and O–H groups in total. The Hall–Kier alpha value is -2.67. The maximum absolute atomic E-state index is 13.2.